The number of carbonyl (C=O) groups is 1. The summed E-state index contributed by atoms with van der Waals surface area (Å²) in [6.45, 7) is 1.30. The van der Waals surface area contributed by atoms with E-state index in [9.17, 15) is 4.79 Å². The lowest BCUT2D eigenvalue weighted by Crippen LogP contribution is -2.53. The molecular weight excluding hydrogens is 232 g/mol. The monoisotopic (exact) mass is 250 g/mol. The van der Waals surface area contributed by atoms with E-state index in [1.807, 2.05) is 30.3 Å². The molecule has 0 spiro atoms. The Labute approximate surface area is 106 Å². The van der Waals surface area contributed by atoms with E-state index in [4.69, 9.17) is 15.6 Å². The van der Waals surface area contributed by atoms with E-state index in [0.717, 1.165) is 5.56 Å². The van der Waals surface area contributed by atoms with Gasteiger partial charge in [0.1, 0.15) is 0 Å². The van der Waals surface area contributed by atoms with E-state index in [0.29, 0.717) is 26.1 Å². The molecule has 0 saturated carbocycles. The van der Waals surface area contributed by atoms with Crippen LogP contribution in [0.4, 0.5) is 4.79 Å². The Bertz CT molecular complexity index is 396. The third kappa shape index (κ3) is 3.21. The van der Waals surface area contributed by atoms with Crippen molar-refractivity contribution in [3.05, 3.63) is 35.9 Å². The summed E-state index contributed by atoms with van der Waals surface area (Å²) in [6.07, 6.45) is -0.489. The Kier molecular flexibility index (Phi) is 4.17. The molecule has 2 unspecified atom stereocenters. The van der Waals surface area contributed by atoms with Gasteiger partial charge in [-0.3, -0.25) is 0 Å². The molecule has 1 aliphatic heterocycles. The van der Waals surface area contributed by atoms with Gasteiger partial charge in [-0.05, 0) is 12.0 Å². The Hall–Kier alpha value is -1.59. The van der Waals surface area contributed by atoms with Crippen molar-refractivity contribution >= 4 is 6.09 Å². The highest BCUT2D eigenvalue weighted by molar-refractivity contribution is 5.65. The number of benzene rings is 1. The van der Waals surface area contributed by atoms with Crippen LogP contribution in [0.2, 0.25) is 0 Å². The number of carboxylic acid groups (broad SMARTS) is 1. The number of ether oxygens (including phenoxy) is 1. The molecule has 1 aliphatic rings. The van der Waals surface area contributed by atoms with Crippen molar-refractivity contribution in [2.45, 2.75) is 25.2 Å². The third-order valence-electron chi connectivity index (χ3n) is 3.19. The molecule has 0 bridgehead atoms. The van der Waals surface area contributed by atoms with Crippen LogP contribution in [0.25, 0.3) is 0 Å². The number of hydrogen-bond acceptors (Lipinski definition) is 3. The van der Waals surface area contributed by atoms with Crippen LogP contribution >= 0.6 is 0 Å². The van der Waals surface area contributed by atoms with E-state index in [2.05, 4.69) is 0 Å². The van der Waals surface area contributed by atoms with Gasteiger partial charge in [-0.2, -0.15) is 0 Å². The van der Waals surface area contributed by atoms with E-state index in [-0.39, 0.29) is 12.1 Å². The summed E-state index contributed by atoms with van der Waals surface area (Å²) in [5, 5.41) is 8.96. The zero-order chi connectivity index (χ0) is 13.0. The number of amides is 1. The topological polar surface area (TPSA) is 75.8 Å². The normalized spacial score (nSPS) is 23.9. The van der Waals surface area contributed by atoms with Crippen LogP contribution in [0.15, 0.2) is 30.3 Å². The average molecular weight is 250 g/mol. The first-order valence-corrected chi connectivity index (χ1v) is 6.06. The summed E-state index contributed by atoms with van der Waals surface area (Å²) in [4.78, 5) is 12.3. The fourth-order valence-electron chi connectivity index (χ4n) is 2.06. The first-order chi connectivity index (χ1) is 8.66. The minimum absolute atomic E-state index is 0.0932. The summed E-state index contributed by atoms with van der Waals surface area (Å²) in [5.74, 6) is 0. The highest BCUT2D eigenvalue weighted by Gasteiger charge is 2.29. The first kappa shape index (κ1) is 12.9. The second-order valence-electron chi connectivity index (χ2n) is 4.52. The second-order valence-corrected chi connectivity index (χ2v) is 4.52. The smallest absolute Gasteiger partial charge is 0.407 e. The van der Waals surface area contributed by atoms with Crippen molar-refractivity contribution in [1.82, 2.24) is 4.90 Å². The first-order valence-electron chi connectivity index (χ1n) is 6.06. The Morgan fingerprint density at radius 2 is 2.17 bits per heavy atom. The van der Waals surface area contributed by atoms with Crippen LogP contribution in [0, 0.1) is 0 Å². The molecule has 0 aliphatic carbocycles. The molecule has 1 saturated heterocycles. The van der Waals surface area contributed by atoms with Gasteiger partial charge in [0.05, 0.1) is 19.3 Å². The number of nitrogens with two attached hydrogens (primary N) is 1. The maximum Gasteiger partial charge on any atom is 0.407 e. The fourth-order valence-corrected chi connectivity index (χ4v) is 2.06. The van der Waals surface area contributed by atoms with Gasteiger partial charge >= 0.3 is 6.09 Å². The van der Waals surface area contributed by atoms with Gasteiger partial charge in [-0.15, -0.1) is 0 Å². The number of likely N-dealkylation sites (tertiary alicyclic amines) is 1. The molecule has 18 heavy (non-hydrogen) atoms. The highest BCUT2D eigenvalue weighted by atomic mass is 16.5. The molecule has 0 radical (unpaired) electrons. The maximum atomic E-state index is 10.9. The van der Waals surface area contributed by atoms with Crippen molar-refractivity contribution in [3.8, 4) is 0 Å². The molecule has 3 N–H and O–H groups in total. The van der Waals surface area contributed by atoms with Crippen molar-refractivity contribution in [2.75, 3.05) is 13.1 Å². The quantitative estimate of drug-likeness (QED) is 0.847. The SMILES string of the molecule is NC1CCN(C(=O)O)CC1OCc1ccccc1. The van der Waals surface area contributed by atoms with Crippen molar-refractivity contribution in [1.29, 1.82) is 0 Å². The van der Waals surface area contributed by atoms with Crippen molar-refractivity contribution < 1.29 is 14.6 Å². The molecule has 1 fully saturated rings. The van der Waals surface area contributed by atoms with Crippen LogP contribution in [0.3, 0.4) is 0 Å². The summed E-state index contributed by atoms with van der Waals surface area (Å²) >= 11 is 0. The predicted octanol–water partition coefficient (Wildman–Crippen LogP) is 1.28. The summed E-state index contributed by atoms with van der Waals surface area (Å²) in [5.41, 5.74) is 7.03. The van der Waals surface area contributed by atoms with Gasteiger partial charge in [0.2, 0.25) is 0 Å². The standard InChI is InChI=1S/C13H18N2O3/c14-11-6-7-15(13(16)17)8-12(11)18-9-10-4-2-1-3-5-10/h1-5,11-12H,6-9,14H2,(H,16,17). The molecule has 5 heteroatoms. The molecule has 0 aromatic heterocycles. The summed E-state index contributed by atoms with van der Waals surface area (Å²) in [7, 11) is 0. The van der Waals surface area contributed by atoms with E-state index < -0.39 is 6.09 Å². The second kappa shape index (κ2) is 5.84. The number of rotatable bonds is 3. The van der Waals surface area contributed by atoms with Crippen molar-refractivity contribution in [2.24, 2.45) is 5.73 Å². The lowest BCUT2D eigenvalue weighted by atomic mass is 10.0. The average Bonchev–Trinajstić information content (AvgIpc) is 2.38. The van der Waals surface area contributed by atoms with Gasteiger partial charge < -0.3 is 20.5 Å². The molecule has 1 heterocycles. The van der Waals surface area contributed by atoms with Gasteiger partial charge in [-0.25, -0.2) is 4.79 Å². The minimum atomic E-state index is -0.907. The molecule has 1 amide bonds. The van der Waals surface area contributed by atoms with Crippen molar-refractivity contribution in [3.63, 3.8) is 0 Å². The molecule has 2 atom stereocenters. The van der Waals surface area contributed by atoms with Gasteiger partial charge in [0.15, 0.2) is 0 Å². The van der Waals surface area contributed by atoms with Gasteiger partial charge in [0.25, 0.3) is 0 Å². The van der Waals surface area contributed by atoms with Gasteiger partial charge in [-0.1, -0.05) is 30.3 Å². The molecule has 5 nitrogen and oxygen atoms in total. The van der Waals surface area contributed by atoms with E-state index in [1.165, 1.54) is 4.90 Å². The largest absolute Gasteiger partial charge is 0.465 e. The molecule has 98 valence electrons. The lowest BCUT2D eigenvalue weighted by Gasteiger charge is -2.35. The minimum Gasteiger partial charge on any atom is -0.465 e. The van der Waals surface area contributed by atoms with E-state index >= 15 is 0 Å². The Morgan fingerprint density at radius 1 is 1.44 bits per heavy atom. The molecule has 2 rings (SSSR count). The summed E-state index contributed by atoms with van der Waals surface area (Å²) < 4.78 is 5.73. The Balaban J connectivity index is 1.89. The maximum absolute atomic E-state index is 10.9. The van der Waals surface area contributed by atoms with Crippen LogP contribution in [0.1, 0.15) is 12.0 Å². The number of piperidine rings is 1. The third-order valence-corrected chi connectivity index (χ3v) is 3.19. The molecule has 1 aromatic carbocycles. The zero-order valence-electron chi connectivity index (χ0n) is 10.2. The number of hydrogen-bond donors (Lipinski definition) is 2. The lowest BCUT2D eigenvalue weighted by molar-refractivity contribution is -0.0178. The highest BCUT2D eigenvalue weighted by Crippen LogP contribution is 2.14. The number of nitrogens with zero attached hydrogens (tertiary/aromatic N) is 1. The molecule has 1 aromatic rings. The van der Waals surface area contributed by atoms with E-state index in [1.54, 1.807) is 0 Å². The molecular formula is C13H18N2O3. The van der Waals surface area contributed by atoms with Crippen LogP contribution in [-0.4, -0.2) is 41.3 Å². The fraction of sp³-hybridized carbons (Fsp3) is 0.462. The van der Waals surface area contributed by atoms with Crippen LogP contribution in [0.5, 0.6) is 0 Å². The summed E-state index contributed by atoms with van der Waals surface area (Å²) in [6, 6.07) is 9.70. The predicted molar refractivity (Wildman–Crippen MR) is 67.2 cm³/mol. The Morgan fingerprint density at radius 3 is 2.83 bits per heavy atom. The zero-order valence-corrected chi connectivity index (χ0v) is 10.2. The van der Waals surface area contributed by atoms with Crippen LogP contribution < -0.4 is 5.73 Å². The van der Waals surface area contributed by atoms with Crippen LogP contribution in [-0.2, 0) is 11.3 Å². The van der Waals surface area contributed by atoms with Gasteiger partial charge in [0, 0.05) is 12.6 Å².